The van der Waals surface area contributed by atoms with Gasteiger partial charge in [0.1, 0.15) is 22.8 Å². The number of rotatable bonds is 13. The number of hydrogen-bond acceptors (Lipinski definition) is 8. The first-order valence-electron chi connectivity index (χ1n) is 14.2. The van der Waals surface area contributed by atoms with E-state index in [9.17, 15) is 28.8 Å². The van der Waals surface area contributed by atoms with Crippen molar-refractivity contribution in [1.82, 2.24) is 29.3 Å². The van der Waals surface area contributed by atoms with E-state index in [1.807, 2.05) is 0 Å². The molecule has 18 nitrogen and oxygen atoms in total. The van der Waals surface area contributed by atoms with E-state index in [0.717, 1.165) is 0 Å². The highest BCUT2D eigenvalue weighted by atomic mass is 16.2. The summed E-state index contributed by atoms with van der Waals surface area (Å²) in [7, 11) is 4.94. The number of amides is 6. The maximum atomic E-state index is 12.8. The number of aromatic amines is 1. The molecular formula is C29H36N12O6. The monoisotopic (exact) mass is 648 g/mol. The van der Waals surface area contributed by atoms with Gasteiger partial charge in [0.15, 0.2) is 0 Å². The van der Waals surface area contributed by atoms with Gasteiger partial charge >= 0.3 is 0 Å². The number of hydrogen-bond donors (Lipinski definition) is 9. The molecule has 0 aliphatic carbocycles. The van der Waals surface area contributed by atoms with Gasteiger partial charge in [0.05, 0.1) is 35.8 Å². The molecule has 0 fully saturated rings. The third-order valence-electron chi connectivity index (χ3n) is 6.79. The van der Waals surface area contributed by atoms with Gasteiger partial charge in [0, 0.05) is 59.0 Å². The van der Waals surface area contributed by atoms with E-state index >= 15 is 0 Å². The number of aromatic nitrogens is 4. The number of nitrogens with one attached hydrogen (secondary N) is 7. The van der Waals surface area contributed by atoms with E-state index in [0.29, 0.717) is 22.7 Å². The normalized spacial score (nSPS) is 10.7. The topological polar surface area (TPSA) is 257 Å². The molecule has 4 aromatic rings. The SMILES string of the molecule is Cn1cc(NC(=O)c2cc(NC(=O)CN)c[nH]2)cc1C(=O)NCCNC(=O)c1cc(NC(=O)c2cc(NC(=O)CN)cn2C)cn1C. The first kappa shape index (κ1) is 33.7. The Morgan fingerprint density at radius 3 is 1.45 bits per heavy atom. The molecule has 11 N–H and O–H groups in total. The van der Waals surface area contributed by atoms with Crippen LogP contribution in [0, 0.1) is 0 Å². The molecule has 248 valence electrons. The number of carbonyl (C=O) groups excluding carboxylic acids is 6. The molecule has 0 unspecified atom stereocenters. The highest BCUT2D eigenvalue weighted by Gasteiger charge is 2.18. The molecule has 47 heavy (non-hydrogen) atoms. The van der Waals surface area contributed by atoms with Crippen molar-refractivity contribution in [2.75, 3.05) is 47.4 Å². The number of H-pyrrole nitrogens is 1. The van der Waals surface area contributed by atoms with Crippen LogP contribution in [0.4, 0.5) is 22.7 Å². The second kappa shape index (κ2) is 14.8. The molecule has 0 aliphatic heterocycles. The summed E-state index contributed by atoms with van der Waals surface area (Å²) in [4.78, 5) is 76.7. The van der Waals surface area contributed by atoms with E-state index in [2.05, 4.69) is 36.9 Å². The predicted octanol–water partition coefficient (Wildman–Crippen LogP) is -0.511. The zero-order valence-corrected chi connectivity index (χ0v) is 25.9. The van der Waals surface area contributed by atoms with Gasteiger partial charge < -0.3 is 62.1 Å². The second-order valence-electron chi connectivity index (χ2n) is 10.4. The van der Waals surface area contributed by atoms with Gasteiger partial charge in [0.2, 0.25) is 11.8 Å². The fourth-order valence-electron chi connectivity index (χ4n) is 4.52. The average Bonchev–Trinajstić information content (AvgIpc) is 3.81. The maximum Gasteiger partial charge on any atom is 0.272 e. The summed E-state index contributed by atoms with van der Waals surface area (Å²) in [5.74, 6) is -2.57. The lowest BCUT2D eigenvalue weighted by atomic mass is 10.3. The summed E-state index contributed by atoms with van der Waals surface area (Å²) in [6.45, 7) is -0.158. The third kappa shape index (κ3) is 8.53. The fraction of sp³-hybridized carbons (Fsp3) is 0.241. The molecule has 0 bridgehead atoms. The van der Waals surface area contributed by atoms with Crippen LogP contribution < -0.4 is 43.4 Å². The molecule has 0 aliphatic rings. The van der Waals surface area contributed by atoms with Gasteiger partial charge in [0.25, 0.3) is 23.6 Å². The Morgan fingerprint density at radius 2 is 0.979 bits per heavy atom. The van der Waals surface area contributed by atoms with E-state index in [4.69, 9.17) is 11.5 Å². The van der Waals surface area contributed by atoms with E-state index in [1.165, 1.54) is 35.0 Å². The zero-order valence-electron chi connectivity index (χ0n) is 25.9. The second-order valence-corrected chi connectivity index (χ2v) is 10.4. The van der Waals surface area contributed by atoms with Crippen LogP contribution in [0.5, 0.6) is 0 Å². The van der Waals surface area contributed by atoms with E-state index in [-0.39, 0.29) is 49.0 Å². The van der Waals surface area contributed by atoms with Crippen molar-refractivity contribution in [2.45, 2.75) is 0 Å². The fourth-order valence-corrected chi connectivity index (χ4v) is 4.52. The first-order valence-corrected chi connectivity index (χ1v) is 14.2. The van der Waals surface area contributed by atoms with Crippen molar-refractivity contribution in [3.05, 3.63) is 71.8 Å². The van der Waals surface area contributed by atoms with Gasteiger partial charge in [-0.15, -0.1) is 0 Å². The molecule has 0 atom stereocenters. The van der Waals surface area contributed by atoms with Gasteiger partial charge in [-0.25, -0.2) is 0 Å². The molecule has 0 spiro atoms. The number of nitrogens with two attached hydrogens (primary N) is 2. The Kier molecular flexibility index (Phi) is 10.6. The van der Waals surface area contributed by atoms with Gasteiger partial charge in [-0.2, -0.15) is 0 Å². The van der Waals surface area contributed by atoms with Crippen LogP contribution in [0.2, 0.25) is 0 Å². The number of anilines is 4. The molecule has 4 aromatic heterocycles. The molecule has 4 rings (SSSR count). The number of aryl methyl sites for hydroxylation is 3. The quantitative estimate of drug-likeness (QED) is 0.0851. The maximum absolute atomic E-state index is 12.8. The zero-order chi connectivity index (χ0) is 34.2. The van der Waals surface area contributed by atoms with E-state index in [1.54, 1.807) is 48.9 Å². The first-order chi connectivity index (χ1) is 22.4. The minimum absolute atomic E-state index is 0.113. The number of carbonyl (C=O) groups is 6. The average molecular weight is 649 g/mol. The van der Waals surface area contributed by atoms with Crippen LogP contribution in [0.25, 0.3) is 0 Å². The lowest BCUT2D eigenvalue weighted by molar-refractivity contribution is -0.115. The minimum atomic E-state index is -0.482. The Labute approximate surface area is 268 Å². The molecule has 0 aromatic carbocycles. The minimum Gasteiger partial charge on any atom is -0.355 e. The van der Waals surface area contributed by atoms with Crippen LogP contribution in [0.15, 0.2) is 49.1 Å². The largest absolute Gasteiger partial charge is 0.355 e. The summed E-state index contributed by atoms with van der Waals surface area (Å²) >= 11 is 0. The number of nitrogens with zero attached hydrogens (tertiary/aromatic N) is 3. The van der Waals surface area contributed by atoms with Crippen molar-refractivity contribution >= 4 is 58.2 Å². The molecule has 18 heteroatoms. The standard InChI is InChI=1S/C29H36N12O6/c1-39-14-18(37-26(44)20-6-16(12-34-20)35-24(42)10-30)8-21(39)27(45)32-4-5-33-28(46)22-9-19(15-40(22)2)38-29(47)23-7-17(13-41(23)3)36-25(43)11-31/h6-9,12-15,34H,4-5,10-11,30-31H2,1-3H3,(H,32,45)(H,33,46)(H,35,42)(H,36,43)(H,37,44)(H,38,47). The molecule has 0 radical (unpaired) electrons. The van der Waals surface area contributed by atoms with Crippen LogP contribution in [0.3, 0.4) is 0 Å². The van der Waals surface area contributed by atoms with Crippen molar-refractivity contribution in [2.24, 2.45) is 32.6 Å². The highest BCUT2D eigenvalue weighted by molar-refractivity contribution is 6.06. The van der Waals surface area contributed by atoms with Gasteiger partial charge in [-0.3, -0.25) is 28.8 Å². The highest BCUT2D eigenvalue weighted by Crippen LogP contribution is 2.18. The summed E-state index contributed by atoms with van der Waals surface area (Å²) in [6, 6.07) is 5.97. The van der Waals surface area contributed by atoms with Crippen molar-refractivity contribution in [1.29, 1.82) is 0 Å². The molecule has 0 saturated heterocycles. The summed E-state index contributed by atoms with van der Waals surface area (Å²) in [5.41, 5.74) is 13.2. The van der Waals surface area contributed by atoms with Crippen LogP contribution in [-0.2, 0) is 30.7 Å². The Balaban J connectivity index is 1.25. The van der Waals surface area contributed by atoms with Crippen molar-refractivity contribution < 1.29 is 28.8 Å². The van der Waals surface area contributed by atoms with Gasteiger partial charge in [-0.1, -0.05) is 0 Å². The predicted molar refractivity (Wildman–Crippen MR) is 173 cm³/mol. The third-order valence-corrected chi connectivity index (χ3v) is 6.79. The van der Waals surface area contributed by atoms with Crippen LogP contribution in [-0.4, -0.2) is 80.3 Å². The Bertz CT molecular complexity index is 1830. The van der Waals surface area contributed by atoms with Crippen molar-refractivity contribution in [3.8, 4) is 0 Å². The molecule has 0 saturated carbocycles. The van der Waals surface area contributed by atoms with Gasteiger partial charge in [-0.05, 0) is 24.3 Å². The molecule has 6 amide bonds. The Morgan fingerprint density at radius 1 is 0.574 bits per heavy atom. The molecule has 4 heterocycles. The Hall–Kier alpha value is -6.14. The summed E-state index contributed by atoms with van der Waals surface area (Å²) in [6.07, 6.45) is 6.18. The van der Waals surface area contributed by atoms with Crippen molar-refractivity contribution in [3.63, 3.8) is 0 Å². The van der Waals surface area contributed by atoms with E-state index < -0.39 is 35.4 Å². The van der Waals surface area contributed by atoms with Crippen LogP contribution in [0.1, 0.15) is 42.0 Å². The lowest BCUT2D eigenvalue weighted by Crippen LogP contribution is -2.35. The summed E-state index contributed by atoms with van der Waals surface area (Å²) < 4.78 is 4.63. The lowest BCUT2D eigenvalue weighted by Gasteiger charge is -2.08. The van der Waals surface area contributed by atoms with Crippen LogP contribution >= 0.6 is 0 Å². The smallest absolute Gasteiger partial charge is 0.272 e. The molecular weight excluding hydrogens is 612 g/mol. The summed E-state index contributed by atoms with van der Waals surface area (Å²) in [5, 5.41) is 16.0.